The highest BCUT2D eigenvalue weighted by Gasteiger charge is 2.51. The Morgan fingerprint density at radius 3 is 2.35 bits per heavy atom. The van der Waals surface area contributed by atoms with Crippen molar-refractivity contribution in [2.45, 2.75) is 50.5 Å². The van der Waals surface area contributed by atoms with Crippen LogP contribution in [0.1, 0.15) is 61.1 Å². The summed E-state index contributed by atoms with van der Waals surface area (Å²) in [6.45, 7) is 0.0452. The number of carbonyl (C=O) groups excluding carboxylic acids is 2. The van der Waals surface area contributed by atoms with Crippen molar-refractivity contribution in [2.24, 2.45) is 17.8 Å². The fourth-order valence-electron chi connectivity index (χ4n) is 6.98. The molecule has 4 aliphatic carbocycles. The lowest BCUT2D eigenvalue weighted by Crippen LogP contribution is -2.59. The van der Waals surface area contributed by atoms with Crippen molar-refractivity contribution >= 4 is 52.2 Å². The van der Waals surface area contributed by atoms with Gasteiger partial charge in [0.15, 0.2) is 0 Å². The normalized spacial score (nSPS) is 29.4. The van der Waals surface area contributed by atoms with Crippen molar-refractivity contribution in [1.29, 1.82) is 0 Å². The van der Waals surface area contributed by atoms with Crippen LogP contribution in [0.15, 0.2) is 45.7 Å². The van der Waals surface area contributed by atoms with Crippen molar-refractivity contribution in [3.63, 3.8) is 0 Å². The molecule has 2 N–H and O–H groups in total. The van der Waals surface area contributed by atoms with E-state index in [1.807, 2.05) is 30.3 Å². The molecule has 1 aromatic carbocycles. The highest BCUT2D eigenvalue weighted by molar-refractivity contribution is 8.26. The van der Waals surface area contributed by atoms with Gasteiger partial charge in [-0.15, -0.1) is 0 Å². The van der Waals surface area contributed by atoms with Crippen LogP contribution < -0.4 is 5.32 Å². The summed E-state index contributed by atoms with van der Waals surface area (Å²) in [6, 6.07) is 11.0. The summed E-state index contributed by atoms with van der Waals surface area (Å²) in [4.78, 5) is 38.3. The number of amides is 2. The lowest BCUT2D eigenvalue weighted by atomic mass is 9.53. The standard InChI is InChI=1S/C28H28N2O5S2/c31-24(32)7-8-30-26(34)23(37-27(30)36)12-21-5-6-22(35-21)19-1-3-20(4-2-19)25(33)29-28-13-16-9-17(14-28)11-18(10-16)15-28/h1-6,12,16-18H,7-11,13-15H2,(H,29,33)(H,31,32)/b23-12+. The van der Waals surface area contributed by atoms with Crippen molar-refractivity contribution in [2.75, 3.05) is 6.54 Å². The van der Waals surface area contributed by atoms with Gasteiger partial charge >= 0.3 is 5.97 Å². The lowest BCUT2D eigenvalue weighted by molar-refractivity contribution is -0.137. The van der Waals surface area contributed by atoms with Gasteiger partial charge in [0.1, 0.15) is 15.8 Å². The molecule has 1 aromatic heterocycles. The maximum Gasteiger partial charge on any atom is 0.305 e. The molecule has 5 aliphatic rings. The SMILES string of the molecule is O=C(O)CCN1C(=O)/C(=C\c2ccc(-c3ccc(C(=O)NC45CC6CC(CC(C6)C4)C5)cc3)o2)SC1=S. The third-order valence-corrected chi connectivity index (χ3v) is 9.55. The number of carboxylic acids is 1. The fourth-order valence-corrected chi connectivity index (χ4v) is 8.27. The molecule has 0 spiro atoms. The Bertz CT molecular complexity index is 1280. The first-order valence-corrected chi connectivity index (χ1v) is 14.0. The van der Waals surface area contributed by atoms with E-state index in [2.05, 4.69) is 5.32 Å². The van der Waals surface area contributed by atoms with Gasteiger partial charge in [0.05, 0.1) is 11.3 Å². The summed E-state index contributed by atoms with van der Waals surface area (Å²) < 4.78 is 6.28. The third-order valence-electron chi connectivity index (χ3n) is 8.17. The van der Waals surface area contributed by atoms with Crippen LogP contribution in [-0.2, 0) is 9.59 Å². The number of carbonyl (C=O) groups is 3. The highest BCUT2D eigenvalue weighted by atomic mass is 32.2. The fraction of sp³-hybridized carbons (Fsp3) is 0.429. The van der Waals surface area contributed by atoms with Crippen LogP contribution in [0, 0.1) is 17.8 Å². The van der Waals surface area contributed by atoms with E-state index in [1.54, 1.807) is 12.1 Å². The van der Waals surface area contributed by atoms with Crippen LogP contribution in [0.4, 0.5) is 0 Å². The zero-order chi connectivity index (χ0) is 25.7. The third kappa shape index (κ3) is 4.86. The topological polar surface area (TPSA) is 99.9 Å². The molecule has 1 saturated heterocycles. The number of thioether (sulfide) groups is 1. The van der Waals surface area contributed by atoms with Crippen LogP contribution in [0.3, 0.4) is 0 Å². The Hall–Kier alpha value is -2.91. The summed E-state index contributed by atoms with van der Waals surface area (Å²) >= 11 is 6.36. The maximum absolute atomic E-state index is 13.1. The Kier molecular flexibility index (Phi) is 6.23. The van der Waals surface area contributed by atoms with E-state index in [0.29, 0.717) is 26.3 Å². The zero-order valence-corrected chi connectivity index (χ0v) is 21.9. The summed E-state index contributed by atoms with van der Waals surface area (Å²) in [5.41, 5.74) is 1.46. The van der Waals surface area contributed by atoms with Gasteiger partial charge in [-0.2, -0.15) is 0 Å². The second-order valence-electron chi connectivity index (χ2n) is 10.9. The number of hydrogen-bond donors (Lipinski definition) is 2. The number of carboxylic acid groups (broad SMARTS) is 1. The molecule has 0 atom stereocenters. The molecule has 4 saturated carbocycles. The van der Waals surface area contributed by atoms with Crippen molar-refractivity contribution in [3.8, 4) is 11.3 Å². The average Bonchev–Trinajstić information content (AvgIpc) is 3.41. The van der Waals surface area contributed by atoms with Crippen molar-refractivity contribution < 1.29 is 23.9 Å². The quantitative estimate of drug-likeness (QED) is 0.365. The second kappa shape index (κ2) is 9.44. The summed E-state index contributed by atoms with van der Waals surface area (Å²) in [7, 11) is 0. The number of aliphatic carboxylic acids is 1. The number of thiocarbonyl (C=S) groups is 1. The minimum Gasteiger partial charge on any atom is -0.481 e. The Morgan fingerprint density at radius 2 is 1.73 bits per heavy atom. The molecule has 5 fully saturated rings. The molecule has 0 radical (unpaired) electrons. The van der Waals surface area contributed by atoms with Gasteiger partial charge in [0.2, 0.25) is 0 Å². The molecule has 7 rings (SSSR count). The largest absolute Gasteiger partial charge is 0.481 e. The van der Waals surface area contributed by atoms with Gasteiger partial charge in [-0.05, 0) is 80.5 Å². The summed E-state index contributed by atoms with van der Waals surface area (Å²) in [5, 5.41) is 12.3. The van der Waals surface area contributed by atoms with Gasteiger partial charge < -0.3 is 14.8 Å². The van der Waals surface area contributed by atoms with E-state index in [1.165, 1.54) is 24.2 Å². The summed E-state index contributed by atoms with van der Waals surface area (Å²) in [5.74, 6) is 2.15. The van der Waals surface area contributed by atoms with E-state index >= 15 is 0 Å². The van der Waals surface area contributed by atoms with Crippen LogP contribution in [-0.4, -0.2) is 44.2 Å². The zero-order valence-electron chi connectivity index (χ0n) is 20.3. The molecule has 7 nitrogen and oxygen atoms in total. The van der Waals surface area contributed by atoms with Crippen LogP contribution >= 0.6 is 24.0 Å². The van der Waals surface area contributed by atoms with Crippen molar-refractivity contribution in [3.05, 3.63) is 52.6 Å². The predicted octanol–water partition coefficient (Wildman–Crippen LogP) is 5.32. The number of nitrogens with one attached hydrogen (secondary N) is 1. The van der Waals surface area contributed by atoms with Gasteiger partial charge in [0, 0.05) is 29.3 Å². The monoisotopic (exact) mass is 536 g/mol. The molecular formula is C28H28N2O5S2. The van der Waals surface area contributed by atoms with Crippen LogP contribution in [0.5, 0.6) is 0 Å². The highest BCUT2D eigenvalue weighted by Crippen LogP contribution is 2.55. The molecular weight excluding hydrogens is 508 g/mol. The lowest BCUT2D eigenvalue weighted by Gasteiger charge is -2.56. The van der Waals surface area contributed by atoms with E-state index in [-0.39, 0.29) is 30.3 Å². The van der Waals surface area contributed by atoms with Crippen LogP contribution in [0.2, 0.25) is 0 Å². The Labute approximate surface area is 224 Å². The molecule has 4 bridgehead atoms. The van der Waals surface area contributed by atoms with Gasteiger partial charge in [0.25, 0.3) is 11.8 Å². The minimum atomic E-state index is -0.982. The van der Waals surface area contributed by atoms with E-state index in [0.717, 1.165) is 54.3 Å². The van der Waals surface area contributed by atoms with E-state index in [4.69, 9.17) is 21.7 Å². The number of benzene rings is 1. The number of furan rings is 1. The first-order chi connectivity index (χ1) is 17.8. The first-order valence-electron chi connectivity index (χ1n) is 12.8. The molecule has 192 valence electrons. The van der Waals surface area contributed by atoms with Gasteiger partial charge in [-0.1, -0.05) is 36.1 Å². The number of rotatable bonds is 7. The predicted molar refractivity (Wildman–Crippen MR) is 145 cm³/mol. The molecule has 1 aliphatic heterocycles. The number of nitrogens with zero attached hydrogens (tertiary/aromatic N) is 1. The van der Waals surface area contributed by atoms with E-state index in [9.17, 15) is 14.4 Å². The molecule has 2 aromatic rings. The second-order valence-corrected chi connectivity index (χ2v) is 12.6. The molecule has 37 heavy (non-hydrogen) atoms. The average molecular weight is 537 g/mol. The maximum atomic E-state index is 13.1. The van der Waals surface area contributed by atoms with Crippen molar-refractivity contribution in [1.82, 2.24) is 10.2 Å². The minimum absolute atomic E-state index is 0.00133. The van der Waals surface area contributed by atoms with Crippen LogP contribution in [0.25, 0.3) is 17.4 Å². The molecule has 2 amide bonds. The Balaban J connectivity index is 1.11. The number of hydrogen-bond acceptors (Lipinski definition) is 6. The summed E-state index contributed by atoms with van der Waals surface area (Å²) in [6.07, 6.45) is 8.84. The van der Waals surface area contributed by atoms with Gasteiger partial charge in [-0.3, -0.25) is 19.3 Å². The molecule has 0 unspecified atom stereocenters. The Morgan fingerprint density at radius 1 is 1.08 bits per heavy atom. The van der Waals surface area contributed by atoms with Gasteiger partial charge in [-0.25, -0.2) is 0 Å². The molecule has 2 heterocycles. The smallest absolute Gasteiger partial charge is 0.305 e. The molecule has 9 heteroatoms. The first kappa shape index (κ1) is 24.4. The van der Waals surface area contributed by atoms with E-state index < -0.39 is 5.97 Å².